The van der Waals surface area contributed by atoms with Crippen LogP contribution in [0.2, 0.25) is 0 Å². The average Bonchev–Trinajstić information content (AvgIpc) is 3.21. The summed E-state index contributed by atoms with van der Waals surface area (Å²) in [6.45, 7) is 4.29. The molecule has 0 aliphatic carbocycles. The van der Waals surface area contributed by atoms with E-state index in [-0.39, 0.29) is 60.7 Å². The van der Waals surface area contributed by atoms with Crippen molar-refractivity contribution < 1.29 is 14.4 Å². The van der Waals surface area contributed by atoms with Crippen molar-refractivity contribution in [2.45, 2.75) is 39.7 Å². The molecule has 192 valence electrons. The Kier molecular flexibility index (Phi) is 7.37. The predicted molar refractivity (Wildman–Crippen MR) is 141 cm³/mol. The highest BCUT2D eigenvalue weighted by atomic mass is 16.2. The molecule has 3 aromatic rings. The first kappa shape index (κ1) is 25.6. The van der Waals surface area contributed by atoms with Crippen LogP contribution in [0.15, 0.2) is 64.2 Å². The maximum Gasteiger partial charge on any atom is 0.330 e. The van der Waals surface area contributed by atoms with E-state index in [1.54, 1.807) is 0 Å². The number of aromatic amines is 1. The highest BCUT2D eigenvalue weighted by Gasteiger charge is 2.31. The lowest BCUT2D eigenvalue weighted by atomic mass is 10.1. The second kappa shape index (κ2) is 10.7. The molecule has 1 fully saturated rings. The van der Waals surface area contributed by atoms with Gasteiger partial charge in [0.25, 0.3) is 11.5 Å². The van der Waals surface area contributed by atoms with Gasteiger partial charge in [-0.15, -0.1) is 0 Å². The molecule has 2 aromatic carbocycles. The maximum absolute atomic E-state index is 13.7. The maximum atomic E-state index is 13.7. The van der Waals surface area contributed by atoms with Gasteiger partial charge in [-0.05, 0) is 42.2 Å². The molecule has 0 spiro atoms. The minimum atomic E-state index is -0.756. The molecule has 10 heteroatoms. The summed E-state index contributed by atoms with van der Waals surface area (Å²) < 4.78 is 1.23. The Bertz CT molecular complexity index is 1420. The molecule has 0 unspecified atom stereocenters. The summed E-state index contributed by atoms with van der Waals surface area (Å²) in [5, 5.41) is 0. The first-order valence-corrected chi connectivity index (χ1v) is 12.1. The summed E-state index contributed by atoms with van der Waals surface area (Å²) in [6.07, 6.45) is 0.893. The second-order valence-corrected chi connectivity index (χ2v) is 9.37. The summed E-state index contributed by atoms with van der Waals surface area (Å²) in [5.74, 6) is -0.960. The Morgan fingerprint density at radius 1 is 0.973 bits per heavy atom. The fourth-order valence-corrected chi connectivity index (χ4v) is 4.24. The van der Waals surface area contributed by atoms with E-state index in [1.165, 1.54) is 33.7 Å². The Labute approximate surface area is 213 Å². The van der Waals surface area contributed by atoms with E-state index >= 15 is 0 Å². The summed E-state index contributed by atoms with van der Waals surface area (Å²) in [5.41, 5.74) is 6.26. The minimum Gasteiger partial charge on any atom is -0.383 e. The van der Waals surface area contributed by atoms with Gasteiger partial charge in [0, 0.05) is 24.9 Å². The van der Waals surface area contributed by atoms with Crippen LogP contribution >= 0.6 is 0 Å². The fraction of sp³-hybridized carbons (Fsp3) is 0.296. The van der Waals surface area contributed by atoms with Crippen molar-refractivity contribution in [3.05, 3.63) is 86.6 Å². The van der Waals surface area contributed by atoms with E-state index in [0.717, 1.165) is 10.5 Å². The number of amides is 3. The molecular weight excluding hydrogens is 474 g/mol. The molecule has 0 saturated carbocycles. The van der Waals surface area contributed by atoms with Crippen LogP contribution in [0.5, 0.6) is 0 Å². The monoisotopic (exact) mass is 503 g/mol. The van der Waals surface area contributed by atoms with Crippen LogP contribution in [-0.4, -0.2) is 33.8 Å². The summed E-state index contributed by atoms with van der Waals surface area (Å²) in [4.78, 5) is 68.1. The van der Waals surface area contributed by atoms with Crippen molar-refractivity contribution in [3.63, 3.8) is 0 Å². The van der Waals surface area contributed by atoms with Gasteiger partial charge in [0.15, 0.2) is 5.69 Å². The minimum absolute atomic E-state index is 0.102. The lowest BCUT2D eigenvalue weighted by molar-refractivity contribution is -0.121. The zero-order valence-corrected chi connectivity index (χ0v) is 20.8. The predicted octanol–water partition coefficient (Wildman–Crippen LogP) is 2.51. The number of rotatable bonds is 8. The number of nitrogens with zero attached hydrogens (tertiary/aromatic N) is 3. The quantitative estimate of drug-likeness (QED) is 0.453. The van der Waals surface area contributed by atoms with E-state index in [9.17, 15) is 24.0 Å². The Balaban J connectivity index is 1.72. The number of nitrogen functional groups attached to an aromatic ring is 1. The number of carbonyl (C=O) groups excluding carboxylic acids is 3. The molecule has 0 atom stereocenters. The average molecular weight is 504 g/mol. The molecule has 2 heterocycles. The number of H-pyrrole nitrogens is 1. The number of imide groups is 1. The summed E-state index contributed by atoms with van der Waals surface area (Å²) in [6, 6.07) is 15.2. The van der Waals surface area contributed by atoms with E-state index in [1.807, 2.05) is 44.2 Å². The molecule has 0 bridgehead atoms. The molecule has 1 saturated heterocycles. The molecule has 1 aliphatic heterocycles. The third-order valence-corrected chi connectivity index (χ3v) is 6.27. The van der Waals surface area contributed by atoms with Crippen molar-refractivity contribution in [1.82, 2.24) is 9.55 Å². The Morgan fingerprint density at radius 3 is 2.19 bits per heavy atom. The van der Waals surface area contributed by atoms with Crippen LogP contribution in [0, 0.1) is 5.92 Å². The summed E-state index contributed by atoms with van der Waals surface area (Å²) in [7, 11) is 0. The molecular formula is C27H29N5O5. The molecule has 3 amide bonds. The molecule has 0 radical (unpaired) electrons. The summed E-state index contributed by atoms with van der Waals surface area (Å²) >= 11 is 0. The zero-order chi connectivity index (χ0) is 26.7. The molecule has 37 heavy (non-hydrogen) atoms. The number of nitrogens with two attached hydrogens (primary N) is 1. The van der Waals surface area contributed by atoms with Crippen molar-refractivity contribution in [1.29, 1.82) is 0 Å². The van der Waals surface area contributed by atoms with Crippen molar-refractivity contribution in [2.24, 2.45) is 5.92 Å². The first-order valence-electron chi connectivity index (χ1n) is 12.1. The number of hydrogen-bond acceptors (Lipinski definition) is 6. The van der Waals surface area contributed by atoms with Gasteiger partial charge in [-0.1, -0.05) is 44.2 Å². The van der Waals surface area contributed by atoms with Crippen molar-refractivity contribution in [3.8, 4) is 0 Å². The highest BCUT2D eigenvalue weighted by Crippen LogP contribution is 2.25. The molecule has 1 aliphatic rings. The number of aromatic nitrogens is 2. The molecule has 3 N–H and O–H groups in total. The third kappa shape index (κ3) is 5.37. The van der Waals surface area contributed by atoms with E-state index < -0.39 is 17.2 Å². The number of hydrogen-bond donors (Lipinski definition) is 2. The Hall–Kier alpha value is -4.47. The van der Waals surface area contributed by atoms with Gasteiger partial charge in [-0.3, -0.25) is 33.6 Å². The van der Waals surface area contributed by atoms with Gasteiger partial charge < -0.3 is 10.6 Å². The van der Waals surface area contributed by atoms with Gasteiger partial charge >= 0.3 is 5.69 Å². The number of anilines is 3. The zero-order valence-electron chi connectivity index (χ0n) is 20.8. The van der Waals surface area contributed by atoms with Crippen LogP contribution < -0.4 is 26.8 Å². The fourth-order valence-electron chi connectivity index (χ4n) is 4.24. The standard InChI is InChI=1S/C27H29N5O5/c1-17(2)14-15-30(26(36)19-8-10-20(11-9-19)32-21(33)12-13-22(32)34)23-24(28)31(27(37)29-25(23)35)16-18-6-4-3-5-7-18/h3-11,17H,12-16,28H2,1-2H3,(H,29,35,37). The van der Waals surface area contributed by atoms with E-state index in [2.05, 4.69) is 4.98 Å². The lowest BCUT2D eigenvalue weighted by Gasteiger charge is -2.25. The second-order valence-electron chi connectivity index (χ2n) is 9.37. The van der Waals surface area contributed by atoms with E-state index in [0.29, 0.717) is 12.1 Å². The highest BCUT2D eigenvalue weighted by molar-refractivity contribution is 6.20. The SMILES string of the molecule is CC(C)CCN(C(=O)c1ccc(N2C(=O)CCC2=O)cc1)c1c(N)n(Cc2ccccc2)c(=O)[nH]c1=O. The van der Waals surface area contributed by atoms with Crippen molar-refractivity contribution in [2.75, 3.05) is 22.1 Å². The number of carbonyl (C=O) groups is 3. The topological polar surface area (TPSA) is 139 Å². The largest absolute Gasteiger partial charge is 0.383 e. The van der Waals surface area contributed by atoms with E-state index in [4.69, 9.17) is 5.73 Å². The molecule has 1 aromatic heterocycles. The number of benzene rings is 2. The smallest absolute Gasteiger partial charge is 0.330 e. The molecule has 10 nitrogen and oxygen atoms in total. The third-order valence-electron chi connectivity index (χ3n) is 6.27. The van der Waals surface area contributed by atoms with Gasteiger partial charge in [0.2, 0.25) is 11.8 Å². The number of nitrogens with one attached hydrogen (secondary N) is 1. The first-order chi connectivity index (χ1) is 17.7. The molecule has 4 rings (SSSR count). The van der Waals surface area contributed by atoms with Crippen LogP contribution in [0.4, 0.5) is 17.2 Å². The van der Waals surface area contributed by atoms with Crippen LogP contribution in [-0.2, 0) is 16.1 Å². The van der Waals surface area contributed by atoms with Gasteiger partial charge in [-0.2, -0.15) is 0 Å². The van der Waals surface area contributed by atoms with Crippen LogP contribution in [0.25, 0.3) is 0 Å². The van der Waals surface area contributed by atoms with Gasteiger partial charge in [0.05, 0.1) is 12.2 Å². The normalized spacial score (nSPS) is 13.4. The van der Waals surface area contributed by atoms with Gasteiger partial charge in [-0.25, -0.2) is 4.79 Å². The van der Waals surface area contributed by atoms with Crippen LogP contribution in [0.3, 0.4) is 0 Å². The van der Waals surface area contributed by atoms with Crippen LogP contribution in [0.1, 0.15) is 49.0 Å². The van der Waals surface area contributed by atoms with Crippen molar-refractivity contribution >= 4 is 34.9 Å². The Morgan fingerprint density at radius 2 is 1.59 bits per heavy atom. The lowest BCUT2D eigenvalue weighted by Crippen LogP contribution is -2.42. The van der Waals surface area contributed by atoms with Gasteiger partial charge in [0.1, 0.15) is 5.82 Å².